The zero-order chi connectivity index (χ0) is 19.3. The number of carbonyl (C=O) groups is 1. The number of nitrogens with one attached hydrogen (secondary N) is 1. The summed E-state index contributed by atoms with van der Waals surface area (Å²) in [5, 5.41) is 8.30. The molecule has 1 amide bonds. The van der Waals surface area contributed by atoms with Gasteiger partial charge in [-0.1, -0.05) is 23.7 Å². The highest BCUT2D eigenvalue weighted by atomic mass is 35.5. The summed E-state index contributed by atoms with van der Waals surface area (Å²) in [5.41, 5.74) is 1.52. The summed E-state index contributed by atoms with van der Waals surface area (Å²) in [5.74, 6) is 3.54. The quantitative estimate of drug-likeness (QED) is 0.819. The zero-order valence-corrected chi connectivity index (χ0v) is 16.9. The maximum absolute atomic E-state index is 13.1. The number of hydrogen-bond donors (Lipinski definition) is 1. The van der Waals surface area contributed by atoms with Crippen LogP contribution in [0.25, 0.3) is 0 Å². The number of halogens is 1. The lowest BCUT2D eigenvalue weighted by molar-refractivity contribution is -0.0120. The van der Waals surface area contributed by atoms with Gasteiger partial charge >= 0.3 is 0 Å². The molecule has 4 aliphatic rings. The van der Waals surface area contributed by atoms with Gasteiger partial charge in [-0.3, -0.25) is 4.79 Å². The van der Waals surface area contributed by atoms with Crippen molar-refractivity contribution in [2.75, 3.05) is 0 Å². The number of carbonyl (C=O) groups excluding carboxylic acids is 1. The van der Waals surface area contributed by atoms with E-state index in [1.54, 1.807) is 17.9 Å². The Bertz CT molecular complexity index is 848. The molecular weight excluding hydrogens is 374 g/mol. The highest BCUT2D eigenvalue weighted by Gasteiger charge is 2.48. The molecule has 148 valence electrons. The summed E-state index contributed by atoms with van der Waals surface area (Å²) in [7, 11) is 1.80. The molecule has 0 unspecified atom stereocenters. The number of hydrogen-bond acceptors (Lipinski definition) is 3. The Kier molecular flexibility index (Phi) is 4.58. The van der Waals surface area contributed by atoms with E-state index in [0.717, 1.165) is 17.4 Å². The van der Waals surface area contributed by atoms with Crippen molar-refractivity contribution in [3.63, 3.8) is 0 Å². The first-order chi connectivity index (χ1) is 13.6. The van der Waals surface area contributed by atoms with Crippen molar-refractivity contribution in [1.82, 2.24) is 15.1 Å². The minimum Gasteiger partial charge on any atom is -0.472 e. The molecule has 0 saturated heterocycles. The Balaban J connectivity index is 1.28. The Labute approximate surface area is 170 Å². The molecule has 0 spiro atoms. The van der Waals surface area contributed by atoms with E-state index >= 15 is 0 Å². The first kappa shape index (κ1) is 18.0. The molecule has 1 aromatic carbocycles. The van der Waals surface area contributed by atoms with Crippen molar-refractivity contribution in [3.8, 4) is 5.88 Å². The molecule has 4 saturated carbocycles. The summed E-state index contributed by atoms with van der Waals surface area (Å²) in [6.45, 7) is 0.370. The lowest BCUT2D eigenvalue weighted by atomic mass is 9.54. The SMILES string of the molecule is Cn1ncc(C(=O)NC2C3CC4CC(C3)CC2C4)c1OCc1ccc(Cl)cc1. The molecule has 5 nitrogen and oxygen atoms in total. The van der Waals surface area contributed by atoms with E-state index in [1.807, 2.05) is 24.3 Å². The second-order valence-corrected chi connectivity index (χ2v) is 9.27. The summed E-state index contributed by atoms with van der Waals surface area (Å²) in [4.78, 5) is 13.1. The number of nitrogens with zero attached hydrogens (tertiary/aromatic N) is 2. The summed E-state index contributed by atoms with van der Waals surface area (Å²) >= 11 is 5.94. The Morgan fingerprint density at radius 1 is 1.14 bits per heavy atom. The summed E-state index contributed by atoms with van der Waals surface area (Å²) in [6, 6.07) is 7.83. The van der Waals surface area contributed by atoms with E-state index in [0.29, 0.717) is 41.0 Å². The van der Waals surface area contributed by atoms with Gasteiger partial charge in [-0.15, -0.1) is 0 Å². The number of ether oxygens (including phenoxy) is 1. The molecule has 1 N–H and O–H groups in total. The van der Waals surface area contributed by atoms with E-state index in [2.05, 4.69) is 10.4 Å². The van der Waals surface area contributed by atoms with Crippen LogP contribution in [0.4, 0.5) is 0 Å². The standard InChI is InChI=1S/C22H26ClN3O2/c1-26-22(28-12-13-2-4-18(23)5-3-13)19(11-24-26)21(27)25-20-16-7-14-6-15(9-16)10-17(20)8-14/h2-5,11,14-17,20H,6-10,12H2,1H3,(H,25,27). The smallest absolute Gasteiger partial charge is 0.258 e. The second-order valence-electron chi connectivity index (χ2n) is 8.83. The average molecular weight is 400 g/mol. The highest BCUT2D eigenvalue weighted by molar-refractivity contribution is 6.30. The molecule has 4 bridgehead atoms. The van der Waals surface area contributed by atoms with Crippen molar-refractivity contribution in [3.05, 3.63) is 46.6 Å². The predicted octanol–water partition coefficient (Wildman–Crippen LogP) is 4.21. The predicted molar refractivity (Wildman–Crippen MR) is 107 cm³/mol. The van der Waals surface area contributed by atoms with E-state index < -0.39 is 0 Å². The Hall–Kier alpha value is -2.01. The van der Waals surface area contributed by atoms with Gasteiger partial charge in [0.2, 0.25) is 5.88 Å². The highest BCUT2D eigenvalue weighted by Crippen LogP contribution is 2.53. The lowest BCUT2D eigenvalue weighted by Crippen LogP contribution is -2.55. The maximum atomic E-state index is 13.1. The van der Waals surface area contributed by atoms with Crippen LogP contribution >= 0.6 is 11.6 Å². The van der Waals surface area contributed by atoms with Gasteiger partial charge in [0.15, 0.2) is 0 Å². The molecule has 0 atom stereocenters. The van der Waals surface area contributed by atoms with Crippen LogP contribution in [-0.2, 0) is 13.7 Å². The molecule has 0 aliphatic heterocycles. The number of benzene rings is 1. The zero-order valence-electron chi connectivity index (χ0n) is 16.1. The van der Waals surface area contributed by atoms with Crippen LogP contribution in [0.1, 0.15) is 48.0 Å². The van der Waals surface area contributed by atoms with Crippen LogP contribution in [-0.4, -0.2) is 21.7 Å². The molecule has 4 aliphatic carbocycles. The molecule has 6 heteroatoms. The van der Waals surface area contributed by atoms with Crippen molar-refractivity contribution >= 4 is 17.5 Å². The van der Waals surface area contributed by atoms with E-state index in [1.165, 1.54) is 32.1 Å². The van der Waals surface area contributed by atoms with Gasteiger partial charge < -0.3 is 10.1 Å². The Morgan fingerprint density at radius 2 is 1.79 bits per heavy atom. The van der Waals surface area contributed by atoms with Crippen LogP contribution < -0.4 is 10.1 Å². The van der Waals surface area contributed by atoms with Gasteiger partial charge in [0.1, 0.15) is 12.2 Å². The maximum Gasteiger partial charge on any atom is 0.258 e. The van der Waals surface area contributed by atoms with Gasteiger partial charge in [-0.2, -0.15) is 5.10 Å². The molecule has 1 aromatic heterocycles. The van der Waals surface area contributed by atoms with Crippen molar-refractivity contribution in [1.29, 1.82) is 0 Å². The fourth-order valence-electron chi connectivity index (χ4n) is 5.88. The van der Waals surface area contributed by atoms with E-state index in [9.17, 15) is 4.79 Å². The van der Waals surface area contributed by atoms with Crippen LogP contribution in [0, 0.1) is 23.7 Å². The van der Waals surface area contributed by atoms with Gasteiger partial charge in [-0.05, 0) is 73.5 Å². The topological polar surface area (TPSA) is 56.2 Å². The van der Waals surface area contributed by atoms with Crippen molar-refractivity contribution in [2.24, 2.45) is 30.7 Å². The summed E-state index contributed by atoms with van der Waals surface area (Å²) < 4.78 is 7.59. The van der Waals surface area contributed by atoms with Crippen LogP contribution in [0.3, 0.4) is 0 Å². The molecule has 6 rings (SSSR count). The molecular formula is C22H26ClN3O2. The normalized spacial score (nSPS) is 30.4. The van der Waals surface area contributed by atoms with Gasteiger partial charge in [-0.25, -0.2) is 4.68 Å². The number of aromatic nitrogens is 2. The molecule has 0 radical (unpaired) electrons. The van der Waals surface area contributed by atoms with E-state index in [-0.39, 0.29) is 5.91 Å². The molecule has 4 fully saturated rings. The minimum atomic E-state index is -0.0586. The van der Waals surface area contributed by atoms with Crippen LogP contribution in [0.15, 0.2) is 30.5 Å². The number of amides is 1. The largest absolute Gasteiger partial charge is 0.472 e. The third kappa shape index (κ3) is 3.30. The summed E-state index contributed by atoms with van der Waals surface area (Å²) in [6.07, 6.45) is 8.16. The Morgan fingerprint density at radius 3 is 2.43 bits per heavy atom. The van der Waals surface area contributed by atoms with Crippen LogP contribution in [0.5, 0.6) is 5.88 Å². The fraction of sp³-hybridized carbons (Fsp3) is 0.545. The first-order valence-corrected chi connectivity index (χ1v) is 10.6. The van der Waals surface area contributed by atoms with Crippen LogP contribution in [0.2, 0.25) is 5.02 Å². The minimum absolute atomic E-state index is 0.0586. The average Bonchev–Trinajstić information content (AvgIpc) is 3.04. The third-order valence-corrected chi connectivity index (χ3v) is 7.19. The van der Waals surface area contributed by atoms with Crippen molar-refractivity contribution < 1.29 is 9.53 Å². The number of aryl methyl sites for hydroxylation is 1. The van der Waals surface area contributed by atoms with Gasteiger partial charge in [0.25, 0.3) is 5.91 Å². The fourth-order valence-corrected chi connectivity index (χ4v) is 6.00. The van der Waals surface area contributed by atoms with Crippen molar-refractivity contribution in [2.45, 2.75) is 44.8 Å². The first-order valence-electron chi connectivity index (χ1n) is 10.3. The van der Waals surface area contributed by atoms with Gasteiger partial charge in [0, 0.05) is 18.1 Å². The second kappa shape index (κ2) is 7.11. The molecule has 28 heavy (non-hydrogen) atoms. The number of rotatable bonds is 5. The lowest BCUT2D eigenvalue weighted by Gasteiger charge is -2.54. The van der Waals surface area contributed by atoms with Gasteiger partial charge in [0.05, 0.1) is 6.20 Å². The molecule has 2 aromatic rings. The third-order valence-electron chi connectivity index (χ3n) is 6.94. The molecule has 1 heterocycles. The monoisotopic (exact) mass is 399 g/mol. The van der Waals surface area contributed by atoms with E-state index in [4.69, 9.17) is 16.3 Å².